The van der Waals surface area contributed by atoms with E-state index in [1.165, 1.54) is 45.4 Å². The van der Waals surface area contributed by atoms with Crippen molar-refractivity contribution in [3.8, 4) is 0 Å². The first kappa shape index (κ1) is 16.9. The topological polar surface area (TPSA) is 32.5 Å². The van der Waals surface area contributed by atoms with E-state index in [9.17, 15) is 0 Å². The Morgan fingerprint density at radius 1 is 1.05 bits per heavy atom. The number of hydrogen-bond donors (Lipinski definition) is 1. The second-order valence-corrected chi connectivity index (χ2v) is 6.62. The minimum Gasteiger partial charge on any atom is -0.329 e. The van der Waals surface area contributed by atoms with Crippen LogP contribution in [0, 0.1) is 5.92 Å². The van der Waals surface area contributed by atoms with E-state index in [1.807, 2.05) is 0 Å². The van der Waals surface area contributed by atoms with Crippen LogP contribution in [-0.4, -0.2) is 54.1 Å². The fourth-order valence-corrected chi connectivity index (χ4v) is 3.36. The highest BCUT2D eigenvalue weighted by molar-refractivity contribution is 4.94. The first-order chi connectivity index (χ1) is 8.99. The fourth-order valence-electron chi connectivity index (χ4n) is 3.36. The Morgan fingerprint density at radius 3 is 2.00 bits per heavy atom. The van der Waals surface area contributed by atoms with E-state index in [-0.39, 0.29) is 5.54 Å². The van der Waals surface area contributed by atoms with Crippen molar-refractivity contribution in [2.75, 3.05) is 32.7 Å². The van der Waals surface area contributed by atoms with Crippen LogP contribution < -0.4 is 5.73 Å². The highest BCUT2D eigenvalue weighted by Gasteiger charge is 2.36. The molecule has 0 amide bonds. The fraction of sp³-hybridized carbons (Fsp3) is 1.00. The molecule has 0 aromatic rings. The van der Waals surface area contributed by atoms with E-state index in [1.54, 1.807) is 0 Å². The highest BCUT2D eigenvalue weighted by atomic mass is 15.3. The molecule has 0 aromatic heterocycles. The maximum atomic E-state index is 6.19. The second-order valence-electron chi connectivity index (χ2n) is 6.62. The van der Waals surface area contributed by atoms with E-state index in [2.05, 4.69) is 44.4 Å². The monoisotopic (exact) mass is 269 g/mol. The van der Waals surface area contributed by atoms with Crippen molar-refractivity contribution in [3.63, 3.8) is 0 Å². The quantitative estimate of drug-likeness (QED) is 0.771. The van der Waals surface area contributed by atoms with Crippen LogP contribution in [0.5, 0.6) is 0 Å². The number of rotatable bonds is 7. The lowest BCUT2D eigenvalue weighted by atomic mass is 9.82. The highest BCUT2D eigenvalue weighted by Crippen LogP contribution is 2.29. The molecule has 1 aliphatic heterocycles. The minimum absolute atomic E-state index is 0.235. The van der Waals surface area contributed by atoms with Crippen molar-refractivity contribution in [1.82, 2.24) is 9.80 Å². The van der Waals surface area contributed by atoms with Crippen LogP contribution in [0.2, 0.25) is 0 Å². The van der Waals surface area contributed by atoms with E-state index in [0.717, 1.165) is 12.5 Å². The number of nitrogens with two attached hydrogens (primary N) is 1. The maximum Gasteiger partial charge on any atom is 0.0332 e. The Labute approximate surface area is 120 Å². The van der Waals surface area contributed by atoms with Gasteiger partial charge in [0, 0.05) is 44.3 Å². The van der Waals surface area contributed by atoms with Crippen LogP contribution >= 0.6 is 0 Å². The average molecular weight is 269 g/mol. The van der Waals surface area contributed by atoms with Crippen molar-refractivity contribution in [2.45, 2.75) is 65.5 Å². The van der Waals surface area contributed by atoms with Crippen molar-refractivity contribution in [1.29, 1.82) is 0 Å². The molecule has 3 nitrogen and oxygen atoms in total. The van der Waals surface area contributed by atoms with Crippen molar-refractivity contribution in [2.24, 2.45) is 11.7 Å². The summed E-state index contributed by atoms with van der Waals surface area (Å²) in [6.07, 6.45) is 3.68. The van der Waals surface area contributed by atoms with Gasteiger partial charge in [0.05, 0.1) is 0 Å². The molecule has 0 aromatic carbocycles. The summed E-state index contributed by atoms with van der Waals surface area (Å²) < 4.78 is 0. The zero-order valence-electron chi connectivity index (χ0n) is 13.8. The molecule has 0 aliphatic carbocycles. The third-order valence-electron chi connectivity index (χ3n) is 5.18. The third kappa shape index (κ3) is 4.17. The summed E-state index contributed by atoms with van der Waals surface area (Å²) in [5, 5.41) is 0. The van der Waals surface area contributed by atoms with Gasteiger partial charge in [-0.05, 0) is 32.6 Å². The molecule has 2 unspecified atom stereocenters. The van der Waals surface area contributed by atoms with Gasteiger partial charge in [0.25, 0.3) is 0 Å². The number of piperazine rings is 1. The minimum atomic E-state index is 0.235. The zero-order valence-corrected chi connectivity index (χ0v) is 13.8. The first-order valence-corrected chi connectivity index (χ1v) is 8.18. The maximum absolute atomic E-state index is 6.19. The third-order valence-corrected chi connectivity index (χ3v) is 5.18. The van der Waals surface area contributed by atoms with Gasteiger partial charge in [-0.25, -0.2) is 0 Å². The first-order valence-electron chi connectivity index (χ1n) is 8.18. The Balaban J connectivity index is 2.67. The van der Waals surface area contributed by atoms with Crippen molar-refractivity contribution < 1.29 is 0 Å². The molecule has 1 aliphatic rings. The largest absolute Gasteiger partial charge is 0.329 e. The van der Waals surface area contributed by atoms with Crippen LogP contribution in [-0.2, 0) is 0 Å². The molecule has 19 heavy (non-hydrogen) atoms. The number of nitrogens with zero attached hydrogens (tertiary/aromatic N) is 2. The molecule has 3 heteroatoms. The lowest BCUT2D eigenvalue weighted by Crippen LogP contribution is -2.61. The SMILES string of the molecule is CCC(C)CC(CC)(CN)N1CCN(C(C)C)CC1. The van der Waals surface area contributed by atoms with Gasteiger partial charge in [-0.1, -0.05) is 27.2 Å². The lowest BCUT2D eigenvalue weighted by Gasteiger charge is -2.49. The summed E-state index contributed by atoms with van der Waals surface area (Å²) in [6.45, 7) is 17.1. The smallest absolute Gasteiger partial charge is 0.0332 e. The molecule has 0 spiro atoms. The van der Waals surface area contributed by atoms with Crippen molar-refractivity contribution in [3.05, 3.63) is 0 Å². The molecule has 0 saturated carbocycles. The van der Waals surface area contributed by atoms with Gasteiger partial charge in [-0.3, -0.25) is 9.80 Å². The van der Waals surface area contributed by atoms with Gasteiger partial charge in [0.1, 0.15) is 0 Å². The van der Waals surface area contributed by atoms with Gasteiger partial charge in [0.15, 0.2) is 0 Å². The summed E-state index contributed by atoms with van der Waals surface area (Å²) in [4.78, 5) is 5.26. The van der Waals surface area contributed by atoms with Gasteiger partial charge < -0.3 is 5.73 Å². The van der Waals surface area contributed by atoms with Crippen LogP contribution in [0.15, 0.2) is 0 Å². The van der Waals surface area contributed by atoms with E-state index in [0.29, 0.717) is 6.04 Å². The van der Waals surface area contributed by atoms with Crippen LogP contribution in [0.4, 0.5) is 0 Å². The zero-order chi connectivity index (χ0) is 14.5. The Morgan fingerprint density at radius 2 is 1.63 bits per heavy atom. The Kier molecular flexibility index (Phi) is 6.78. The van der Waals surface area contributed by atoms with Gasteiger partial charge in [-0.2, -0.15) is 0 Å². The summed E-state index contributed by atoms with van der Waals surface area (Å²) >= 11 is 0. The molecule has 114 valence electrons. The molecule has 1 saturated heterocycles. The predicted molar refractivity (Wildman–Crippen MR) is 84.4 cm³/mol. The standard InChI is InChI=1S/C16H35N3/c1-6-15(5)12-16(7-2,13-17)19-10-8-18(9-11-19)14(3)4/h14-15H,6-13,17H2,1-5H3. The molecule has 1 fully saturated rings. The summed E-state index contributed by atoms with van der Waals surface area (Å²) in [5.41, 5.74) is 6.43. The molecular formula is C16H35N3. The molecule has 1 heterocycles. The Bertz CT molecular complexity index is 240. The molecule has 0 bridgehead atoms. The molecule has 2 atom stereocenters. The summed E-state index contributed by atoms with van der Waals surface area (Å²) in [5.74, 6) is 0.770. The second kappa shape index (κ2) is 7.61. The van der Waals surface area contributed by atoms with Crippen LogP contribution in [0.3, 0.4) is 0 Å². The predicted octanol–water partition coefficient (Wildman–Crippen LogP) is 2.56. The average Bonchev–Trinajstić information content (AvgIpc) is 2.44. The van der Waals surface area contributed by atoms with Gasteiger partial charge in [0.2, 0.25) is 0 Å². The normalized spacial score (nSPS) is 23.5. The summed E-state index contributed by atoms with van der Waals surface area (Å²) in [7, 11) is 0. The Hall–Kier alpha value is -0.120. The van der Waals surface area contributed by atoms with Crippen LogP contribution in [0.25, 0.3) is 0 Å². The van der Waals surface area contributed by atoms with E-state index in [4.69, 9.17) is 5.73 Å². The van der Waals surface area contributed by atoms with Crippen molar-refractivity contribution >= 4 is 0 Å². The van der Waals surface area contributed by atoms with E-state index < -0.39 is 0 Å². The van der Waals surface area contributed by atoms with Gasteiger partial charge >= 0.3 is 0 Å². The molecular weight excluding hydrogens is 234 g/mol. The summed E-state index contributed by atoms with van der Waals surface area (Å²) in [6, 6.07) is 0.672. The van der Waals surface area contributed by atoms with E-state index >= 15 is 0 Å². The lowest BCUT2D eigenvalue weighted by molar-refractivity contribution is 0.0105. The molecule has 1 rings (SSSR count). The van der Waals surface area contributed by atoms with Gasteiger partial charge in [-0.15, -0.1) is 0 Å². The molecule has 2 N–H and O–H groups in total. The number of hydrogen-bond acceptors (Lipinski definition) is 3. The molecule has 0 radical (unpaired) electrons. The van der Waals surface area contributed by atoms with Crippen LogP contribution in [0.1, 0.15) is 53.9 Å².